The van der Waals surface area contributed by atoms with Gasteiger partial charge in [0.15, 0.2) is 6.10 Å². The lowest BCUT2D eigenvalue weighted by molar-refractivity contribution is -0.153. The molecule has 0 aliphatic carbocycles. The van der Waals surface area contributed by atoms with Crippen LogP contribution in [0.15, 0.2) is 47.1 Å². The summed E-state index contributed by atoms with van der Waals surface area (Å²) in [4.78, 5) is 35.9. The third kappa shape index (κ3) is 4.31. The summed E-state index contributed by atoms with van der Waals surface area (Å²) >= 11 is 0. The number of hydrogen-bond donors (Lipinski definition) is 2. The molecule has 3 rings (SSSR count). The Morgan fingerprint density at radius 1 is 1.07 bits per heavy atom. The third-order valence-electron chi connectivity index (χ3n) is 4.21. The van der Waals surface area contributed by atoms with E-state index in [0.717, 1.165) is 16.2 Å². The van der Waals surface area contributed by atoms with Gasteiger partial charge in [-0.3, -0.25) is 14.9 Å². The molecule has 0 saturated heterocycles. The van der Waals surface area contributed by atoms with Gasteiger partial charge in [0.25, 0.3) is 5.91 Å². The van der Waals surface area contributed by atoms with Gasteiger partial charge in [-0.1, -0.05) is 30.3 Å². The van der Waals surface area contributed by atoms with Crippen molar-refractivity contribution >= 4 is 39.6 Å². The van der Waals surface area contributed by atoms with Crippen LogP contribution in [0.2, 0.25) is 0 Å². The van der Waals surface area contributed by atoms with Crippen molar-refractivity contribution in [3.63, 3.8) is 0 Å². The van der Waals surface area contributed by atoms with E-state index in [1.807, 2.05) is 36.4 Å². The van der Waals surface area contributed by atoms with Crippen molar-refractivity contribution in [3.05, 3.63) is 48.2 Å². The van der Waals surface area contributed by atoms with Crippen LogP contribution in [0.1, 0.15) is 26.3 Å². The van der Waals surface area contributed by atoms with Gasteiger partial charge in [-0.15, -0.1) is 0 Å². The molecule has 146 valence electrons. The second-order valence-corrected chi connectivity index (χ2v) is 6.85. The van der Waals surface area contributed by atoms with Gasteiger partial charge in [-0.05, 0) is 37.6 Å². The normalized spacial score (nSPS) is 12.1. The summed E-state index contributed by atoms with van der Waals surface area (Å²) in [6.07, 6.45) is 0.385. The molecule has 0 saturated carbocycles. The number of benzene rings is 2. The smallest absolute Gasteiger partial charge is 0.321 e. The topological polar surface area (TPSA) is 97.6 Å². The molecule has 1 heterocycles. The minimum atomic E-state index is -1.10. The van der Waals surface area contributed by atoms with Gasteiger partial charge in [0.05, 0.1) is 12.7 Å². The van der Waals surface area contributed by atoms with Gasteiger partial charge in [0, 0.05) is 17.0 Å². The standard InChI is InChI=1S/C21H22N2O5/c1-12(2)22-21(26)23-20(25)13(3)28-18(24)10-15-11-27-17-9-8-14-6-4-5-7-16(14)19(15)17/h4-9,11-13H,10H2,1-3H3,(H2,22,23,25,26)/t13-/m0/s1. The number of imide groups is 1. The Balaban J connectivity index is 1.69. The number of rotatable bonds is 5. The highest BCUT2D eigenvalue weighted by atomic mass is 16.5. The maximum Gasteiger partial charge on any atom is 0.321 e. The zero-order chi connectivity index (χ0) is 20.3. The van der Waals surface area contributed by atoms with Crippen molar-refractivity contribution in [1.82, 2.24) is 10.6 Å². The molecule has 3 aromatic rings. The van der Waals surface area contributed by atoms with E-state index in [0.29, 0.717) is 11.1 Å². The maximum atomic E-state index is 12.3. The molecule has 0 fully saturated rings. The molecule has 0 aliphatic heterocycles. The van der Waals surface area contributed by atoms with E-state index < -0.39 is 24.0 Å². The lowest BCUT2D eigenvalue weighted by Crippen LogP contribution is -2.46. The Kier molecular flexibility index (Phi) is 5.63. The van der Waals surface area contributed by atoms with Crippen molar-refractivity contribution in [2.75, 3.05) is 0 Å². The van der Waals surface area contributed by atoms with Crippen LogP contribution < -0.4 is 10.6 Å². The highest BCUT2D eigenvalue weighted by Crippen LogP contribution is 2.30. The number of carbonyl (C=O) groups excluding carboxylic acids is 3. The predicted molar refractivity (Wildman–Crippen MR) is 105 cm³/mol. The van der Waals surface area contributed by atoms with E-state index in [9.17, 15) is 14.4 Å². The number of hydrogen-bond acceptors (Lipinski definition) is 5. The Labute approximate surface area is 162 Å². The molecule has 0 spiro atoms. The van der Waals surface area contributed by atoms with Crippen LogP contribution >= 0.6 is 0 Å². The number of carbonyl (C=O) groups is 3. The van der Waals surface area contributed by atoms with Crippen LogP contribution in [0.3, 0.4) is 0 Å². The maximum absolute atomic E-state index is 12.3. The Hall–Kier alpha value is -3.35. The first-order chi connectivity index (χ1) is 13.3. The second-order valence-electron chi connectivity index (χ2n) is 6.85. The lowest BCUT2D eigenvalue weighted by Gasteiger charge is -2.14. The molecule has 2 N–H and O–H groups in total. The van der Waals surface area contributed by atoms with Crippen molar-refractivity contribution in [2.24, 2.45) is 0 Å². The molecule has 1 aromatic heterocycles. The average Bonchev–Trinajstić information content (AvgIpc) is 3.04. The summed E-state index contributed by atoms with van der Waals surface area (Å²) < 4.78 is 10.7. The molecule has 0 bridgehead atoms. The van der Waals surface area contributed by atoms with Gasteiger partial charge in [0.1, 0.15) is 5.58 Å². The largest absolute Gasteiger partial charge is 0.464 e. The highest BCUT2D eigenvalue weighted by molar-refractivity contribution is 6.08. The van der Waals surface area contributed by atoms with Gasteiger partial charge in [0.2, 0.25) is 0 Å². The molecule has 0 unspecified atom stereocenters. The van der Waals surface area contributed by atoms with Gasteiger partial charge < -0.3 is 14.5 Å². The van der Waals surface area contributed by atoms with Crippen LogP contribution in [0.4, 0.5) is 4.79 Å². The Morgan fingerprint density at radius 2 is 1.82 bits per heavy atom. The van der Waals surface area contributed by atoms with Gasteiger partial charge in [-0.25, -0.2) is 4.79 Å². The number of nitrogens with one attached hydrogen (secondary N) is 2. The number of amides is 3. The van der Waals surface area contributed by atoms with Gasteiger partial charge >= 0.3 is 12.0 Å². The number of esters is 1. The molecule has 7 heteroatoms. The first-order valence-electron chi connectivity index (χ1n) is 9.04. The van der Waals surface area contributed by atoms with E-state index >= 15 is 0 Å². The monoisotopic (exact) mass is 382 g/mol. The number of furan rings is 1. The Bertz CT molecular complexity index is 1040. The van der Waals surface area contributed by atoms with Crippen LogP contribution in [0.5, 0.6) is 0 Å². The fourth-order valence-electron chi connectivity index (χ4n) is 2.96. The Morgan fingerprint density at radius 3 is 2.57 bits per heavy atom. The molecule has 1 atom stereocenters. The quantitative estimate of drug-likeness (QED) is 0.660. The number of urea groups is 1. The van der Waals surface area contributed by atoms with Crippen molar-refractivity contribution < 1.29 is 23.5 Å². The summed E-state index contributed by atoms with van der Waals surface area (Å²) in [6, 6.07) is 10.9. The third-order valence-corrected chi connectivity index (χ3v) is 4.21. The van der Waals surface area contributed by atoms with Crippen LogP contribution in [0, 0.1) is 0 Å². The zero-order valence-corrected chi connectivity index (χ0v) is 15.9. The minimum absolute atomic E-state index is 0.0448. The first kappa shape index (κ1) is 19.4. The SMILES string of the molecule is CC(C)NC(=O)NC(=O)[C@H](C)OC(=O)Cc1coc2ccc3ccccc3c12. The molecule has 2 aromatic carbocycles. The van der Waals surface area contributed by atoms with Crippen molar-refractivity contribution in [1.29, 1.82) is 0 Å². The van der Waals surface area contributed by atoms with E-state index in [1.54, 1.807) is 13.8 Å². The molecular weight excluding hydrogens is 360 g/mol. The van der Waals surface area contributed by atoms with Crippen molar-refractivity contribution in [2.45, 2.75) is 39.3 Å². The lowest BCUT2D eigenvalue weighted by atomic mass is 10.0. The molecule has 0 radical (unpaired) electrons. The van der Waals surface area contributed by atoms with Gasteiger partial charge in [-0.2, -0.15) is 0 Å². The molecule has 3 amide bonds. The zero-order valence-electron chi connectivity index (χ0n) is 15.9. The summed E-state index contributed by atoms with van der Waals surface area (Å²) in [5.74, 6) is -1.27. The van der Waals surface area contributed by atoms with E-state index in [-0.39, 0.29) is 12.5 Å². The highest BCUT2D eigenvalue weighted by Gasteiger charge is 2.21. The molecular formula is C21H22N2O5. The van der Waals surface area contributed by atoms with E-state index in [4.69, 9.17) is 9.15 Å². The molecule has 7 nitrogen and oxygen atoms in total. The summed E-state index contributed by atoms with van der Waals surface area (Å²) in [5.41, 5.74) is 1.36. The fraction of sp³-hybridized carbons (Fsp3) is 0.286. The number of ether oxygens (including phenoxy) is 1. The average molecular weight is 382 g/mol. The second kappa shape index (κ2) is 8.12. The summed E-state index contributed by atoms with van der Waals surface area (Å²) in [7, 11) is 0. The van der Waals surface area contributed by atoms with E-state index in [2.05, 4.69) is 10.6 Å². The van der Waals surface area contributed by atoms with Crippen LogP contribution in [-0.4, -0.2) is 30.1 Å². The number of fused-ring (bicyclic) bond motifs is 3. The summed E-state index contributed by atoms with van der Waals surface area (Å²) in [6.45, 7) is 4.96. The summed E-state index contributed by atoms with van der Waals surface area (Å²) in [5, 5.41) is 7.54. The molecule has 28 heavy (non-hydrogen) atoms. The fourth-order valence-corrected chi connectivity index (χ4v) is 2.96. The molecule has 0 aliphatic rings. The van der Waals surface area contributed by atoms with Crippen LogP contribution in [-0.2, 0) is 20.7 Å². The first-order valence-corrected chi connectivity index (χ1v) is 9.04. The van der Waals surface area contributed by atoms with Crippen LogP contribution in [0.25, 0.3) is 21.7 Å². The predicted octanol–water partition coefficient (Wildman–Crippen LogP) is 3.29. The van der Waals surface area contributed by atoms with Crippen molar-refractivity contribution in [3.8, 4) is 0 Å². The van der Waals surface area contributed by atoms with E-state index in [1.165, 1.54) is 13.2 Å². The minimum Gasteiger partial charge on any atom is -0.464 e.